The molecule has 0 aromatic rings. The van der Waals surface area contributed by atoms with Crippen molar-refractivity contribution in [2.75, 3.05) is 6.26 Å². The first-order chi connectivity index (χ1) is 9.35. The Morgan fingerprint density at radius 1 is 1.10 bits per heavy atom. The molecule has 20 heavy (non-hydrogen) atoms. The Bertz CT molecular complexity index is 337. The van der Waals surface area contributed by atoms with Crippen molar-refractivity contribution in [2.24, 2.45) is 0 Å². The van der Waals surface area contributed by atoms with Crippen molar-refractivity contribution in [2.45, 2.75) is 81.9 Å². The third-order valence-corrected chi connectivity index (χ3v) is 5.14. The van der Waals surface area contributed by atoms with Gasteiger partial charge in [-0.3, -0.25) is 0 Å². The lowest BCUT2D eigenvalue weighted by Crippen LogP contribution is -2.54. The molecule has 0 aromatic carbocycles. The zero-order chi connectivity index (χ0) is 14.8. The standard InChI is InChI=1S/C15H28N2O2S/c1-15(2,3)19-14(18)17-12-7-11(8-12)16-10-5-6-13(9-10)20-4/h10-13,16H,5-9H2,1-4H3,(H,17,18). The van der Waals surface area contributed by atoms with Gasteiger partial charge >= 0.3 is 6.09 Å². The lowest BCUT2D eigenvalue weighted by atomic mass is 9.86. The van der Waals surface area contributed by atoms with Crippen LogP contribution in [0.2, 0.25) is 0 Å². The molecule has 5 heteroatoms. The number of thioether (sulfide) groups is 1. The van der Waals surface area contributed by atoms with Crippen LogP contribution >= 0.6 is 11.8 Å². The number of carbonyl (C=O) groups is 1. The average molecular weight is 300 g/mol. The van der Waals surface area contributed by atoms with Gasteiger partial charge in [0.1, 0.15) is 5.60 Å². The molecule has 2 fully saturated rings. The molecule has 2 aliphatic carbocycles. The fourth-order valence-corrected chi connectivity index (χ4v) is 3.78. The molecule has 0 spiro atoms. The normalized spacial score (nSPS) is 33.6. The van der Waals surface area contributed by atoms with E-state index in [-0.39, 0.29) is 12.1 Å². The minimum atomic E-state index is -0.415. The summed E-state index contributed by atoms with van der Waals surface area (Å²) in [4.78, 5) is 11.6. The molecule has 4 nitrogen and oxygen atoms in total. The van der Waals surface area contributed by atoms with Gasteiger partial charge in [-0.15, -0.1) is 0 Å². The monoisotopic (exact) mass is 300 g/mol. The van der Waals surface area contributed by atoms with E-state index in [2.05, 4.69) is 16.9 Å². The van der Waals surface area contributed by atoms with E-state index in [4.69, 9.17) is 4.74 Å². The van der Waals surface area contributed by atoms with Crippen LogP contribution in [0.15, 0.2) is 0 Å². The molecule has 116 valence electrons. The number of nitrogens with one attached hydrogen (secondary N) is 2. The second-order valence-corrected chi connectivity index (χ2v) is 8.18. The van der Waals surface area contributed by atoms with E-state index >= 15 is 0 Å². The van der Waals surface area contributed by atoms with Crippen LogP contribution in [0.4, 0.5) is 4.79 Å². The zero-order valence-electron chi connectivity index (χ0n) is 13.1. The number of carbonyl (C=O) groups excluding carboxylic acids is 1. The SMILES string of the molecule is CSC1CCC(NC2CC(NC(=O)OC(C)(C)C)C2)C1. The third-order valence-electron chi connectivity index (χ3n) is 4.05. The minimum Gasteiger partial charge on any atom is -0.444 e. The predicted octanol–water partition coefficient (Wildman–Crippen LogP) is 2.92. The molecule has 2 aliphatic rings. The maximum absolute atomic E-state index is 11.6. The van der Waals surface area contributed by atoms with E-state index in [0.29, 0.717) is 12.1 Å². The molecule has 2 saturated carbocycles. The summed E-state index contributed by atoms with van der Waals surface area (Å²) in [5, 5.41) is 7.50. The van der Waals surface area contributed by atoms with Gasteiger partial charge in [-0.1, -0.05) is 0 Å². The van der Waals surface area contributed by atoms with Crippen LogP contribution in [0.25, 0.3) is 0 Å². The van der Waals surface area contributed by atoms with E-state index in [1.165, 1.54) is 19.3 Å². The number of ether oxygens (including phenoxy) is 1. The Hall–Kier alpha value is -0.420. The lowest BCUT2D eigenvalue weighted by molar-refractivity contribution is 0.0463. The molecule has 2 unspecified atom stereocenters. The molecule has 0 radical (unpaired) electrons. The van der Waals surface area contributed by atoms with Gasteiger partial charge in [0.2, 0.25) is 0 Å². The number of hydrogen-bond donors (Lipinski definition) is 2. The van der Waals surface area contributed by atoms with Crippen molar-refractivity contribution in [3.63, 3.8) is 0 Å². The highest BCUT2D eigenvalue weighted by molar-refractivity contribution is 7.99. The maximum atomic E-state index is 11.6. The summed E-state index contributed by atoms with van der Waals surface area (Å²) in [5.41, 5.74) is -0.415. The van der Waals surface area contributed by atoms with Crippen molar-refractivity contribution in [3.05, 3.63) is 0 Å². The van der Waals surface area contributed by atoms with Gasteiger partial charge in [0.15, 0.2) is 0 Å². The van der Waals surface area contributed by atoms with Crippen LogP contribution in [-0.2, 0) is 4.74 Å². The van der Waals surface area contributed by atoms with Gasteiger partial charge in [-0.25, -0.2) is 4.79 Å². The van der Waals surface area contributed by atoms with E-state index in [1.54, 1.807) is 0 Å². The topological polar surface area (TPSA) is 50.4 Å². The highest BCUT2D eigenvalue weighted by atomic mass is 32.2. The fraction of sp³-hybridized carbons (Fsp3) is 0.933. The second-order valence-electron chi connectivity index (χ2n) is 7.05. The van der Waals surface area contributed by atoms with Gasteiger partial charge in [-0.2, -0.15) is 11.8 Å². The Morgan fingerprint density at radius 2 is 1.80 bits per heavy atom. The highest BCUT2D eigenvalue weighted by Crippen LogP contribution is 2.30. The van der Waals surface area contributed by atoms with Crippen molar-refractivity contribution in [1.82, 2.24) is 10.6 Å². The quantitative estimate of drug-likeness (QED) is 0.838. The van der Waals surface area contributed by atoms with Crippen LogP contribution in [0, 0.1) is 0 Å². The number of rotatable bonds is 4. The lowest BCUT2D eigenvalue weighted by Gasteiger charge is -2.38. The largest absolute Gasteiger partial charge is 0.444 e. The van der Waals surface area contributed by atoms with E-state index in [9.17, 15) is 4.79 Å². The Morgan fingerprint density at radius 3 is 2.35 bits per heavy atom. The van der Waals surface area contributed by atoms with E-state index < -0.39 is 5.60 Å². The second kappa shape index (κ2) is 6.56. The molecule has 0 heterocycles. The number of alkyl carbamates (subject to hydrolysis) is 1. The first kappa shape index (κ1) is 16.0. The summed E-state index contributed by atoms with van der Waals surface area (Å²) in [6.45, 7) is 5.67. The van der Waals surface area contributed by atoms with Crippen molar-refractivity contribution in [3.8, 4) is 0 Å². The molecule has 0 aliphatic heterocycles. The summed E-state index contributed by atoms with van der Waals surface area (Å²) in [7, 11) is 0. The molecular formula is C15H28N2O2S. The van der Waals surface area contributed by atoms with E-state index in [0.717, 1.165) is 18.1 Å². The first-order valence-corrected chi connectivity index (χ1v) is 8.93. The number of hydrogen-bond acceptors (Lipinski definition) is 4. The zero-order valence-corrected chi connectivity index (χ0v) is 13.9. The summed E-state index contributed by atoms with van der Waals surface area (Å²) in [5.74, 6) is 0. The Labute approximate surface area is 126 Å². The molecule has 0 aromatic heterocycles. The summed E-state index contributed by atoms with van der Waals surface area (Å²) in [6.07, 6.45) is 7.90. The van der Waals surface area contributed by atoms with Gasteiger partial charge in [0.05, 0.1) is 0 Å². The molecule has 0 saturated heterocycles. The molecule has 2 atom stereocenters. The predicted molar refractivity (Wildman–Crippen MR) is 84.3 cm³/mol. The van der Waals surface area contributed by atoms with Crippen molar-refractivity contribution in [1.29, 1.82) is 0 Å². The summed E-state index contributed by atoms with van der Waals surface area (Å²) in [6, 6.07) is 1.53. The van der Waals surface area contributed by atoms with Crippen LogP contribution < -0.4 is 10.6 Å². The summed E-state index contributed by atoms with van der Waals surface area (Å²) < 4.78 is 5.27. The molecule has 0 bridgehead atoms. The molecule has 2 rings (SSSR count). The van der Waals surface area contributed by atoms with Crippen LogP contribution in [0.5, 0.6) is 0 Å². The van der Waals surface area contributed by atoms with Gasteiger partial charge < -0.3 is 15.4 Å². The molecule has 1 amide bonds. The van der Waals surface area contributed by atoms with Crippen LogP contribution in [0.1, 0.15) is 52.9 Å². The number of amides is 1. The smallest absolute Gasteiger partial charge is 0.407 e. The average Bonchev–Trinajstić information content (AvgIpc) is 2.71. The maximum Gasteiger partial charge on any atom is 0.407 e. The minimum absolute atomic E-state index is 0.278. The fourth-order valence-electron chi connectivity index (χ4n) is 2.98. The van der Waals surface area contributed by atoms with Gasteiger partial charge in [0, 0.05) is 23.4 Å². The van der Waals surface area contributed by atoms with Crippen molar-refractivity contribution < 1.29 is 9.53 Å². The summed E-state index contributed by atoms with van der Waals surface area (Å²) >= 11 is 1.99. The van der Waals surface area contributed by atoms with Gasteiger partial charge in [0.25, 0.3) is 0 Å². The van der Waals surface area contributed by atoms with Crippen LogP contribution in [0.3, 0.4) is 0 Å². The molecular weight excluding hydrogens is 272 g/mol. The van der Waals surface area contributed by atoms with Gasteiger partial charge in [-0.05, 0) is 59.1 Å². The molecule has 2 N–H and O–H groups in total. The first-order valence-electron chi connectivity index (χ1n) is 7.64. The van der Waals surface area contributed by atoms with Crippen molar-refractivity contribution >= 4 is 17.9 Å². The van der Waals surface area contributed by atoms with Crippen LogP contribution in [-0.4, -0.2) is 41.3 Å². The Kier molecular flexibility index (Phi) is 5.24. The highest BCUT2D eigenvalue weighted by Gasteiger charge is 2.34. The Balaban J connectivity index is 1.59. The third kappa shape index (κ3) is 4.85. The van der Waals surface area contributed by atoms with E-state index in [1.807, 2.05) is 32.5 Å².